The first kappa shape index (κ1) is 23.0. The first-order valence-electron chi connectivity index (χ1n) is 10.8. The Morgan fingerprint density at radius 3 is 2.14 bits per heavy atom. The zero-order valence-corrected chi connectivity index (χ0v) is 19.4. The van der Waals surface area contributed by atoms with Gasteiger partial charge >= 0.3 is 0 Å². The van der Waals surface area contributed by atoms with Gasteiger partial charge in [-0.2, -0.15) is 0 Å². The summed E-state index contributed by atoms with van der Waals surface area (Å²) in [6.45, 7) is 17.9. The van der Waals surface area contributed by atoms with Crippen LogP contribution in [-0.2, 0) is 0 Å². The molecule has 2 aromatic carbocycles. The molecule has 0 saturated heterocycles. The Hall–Kier alpha value is -2.26. The van der Waals surface area contributed by atoms with Gasteiger partial charge in [0.05, 0.1) is 12.3 Å². The molecule has 1 atom stereocenters. The SMILES string of the molecule is CC.CC1C=CN(c2cc(-c3ccc(OCC(C)(C)C)cc3)ccc2C(C)C)N1. The second-order valence-corrected chi connectivity index (χ2v) is 8.93. The van der Waals surface area contributed by atoms with E-state index in [-0.39, 0.29) is 5.41 Å². The molecule has 0 aromatic heterocycles. The van der Waals surface area contributed by atoms with Crippen LogP contribution in [0.4, 0.5) is 5.69 Å². The molecule has 0 amide bonds. The molecule has 1 aliphatic heterocycles. The lowest BCUT2D eigenvalue weighted by Gasteiger charge is -2.24. The van der Waals surface area contributed by atoms with Crippen LogP contribution in [-0.4, -0.2) is 12.6 Å². The predicted molar refractivity (Wildman–Crippen MR) is 126 cm³/mol. The normalized spacial score (nSPS) is 16.0. The van der Waals surface area contributed by atoms with Crippen molar-refractivity contribution in [3.63, 3.8) is 0 Å². The van der Waals surface area contributed by atoms with Crippen molar-refractivity contribution in [2.45, 2.75) is 67.3 Å². The minimum absolute atomic E-state index is 0.160. The summed E-state index contributed by atoms with van der Waals surface area (Å²) in [5, 5.41) is 2.14. The fraction of sp³-hybridized carbons (Fsp3) is 0.462. The first-order chi connectivity index (χ1) is 13.7. The van der Waals surface area contributed by atoms with E-state index in [1.54, 1.807) is 0 Å². The van der Waals surface area contributed by atoms with Crippen molar-refractivity contribution in [3.8, 4) is 16.9 Å². The Morgan fingerprint density at radius 2 is 1.62 bits per heavy atom. The van der Waals surface area contributed by atoms with Crippen LogP contribution in [0.1, 0.15) is 66.9 Å². The molecule has 1 aliphatic rings. The lowest BCUT2D eigenvalue weighted by molar-refractivity contribution is 0.198. The van der Waals surface area contributed by atoms with Gasteiger partial charge in [-0.05, 0) is 59.2 Å². The fourth-order valence-corrected chi connectivity index (χ4v) is 3.13. The molecule has 1 N–H and O–H groups in total. The van der Waals surface area contributed by atoms with E-state index in [0.29, 0.717) is 18.6 Å². The van der Waals surface area contributed by atoms with Crippen molar-refractivity contribution in [2.24, 2.45) is 5.41 Å². The number of hydrogen-bond acceptors (Lipinski definition) is 3. The molecule has 0 aliphatic carbocycles. The van der Waals surface area contributed by atoms with Gasteiger partial charge in [-0.3, -0.25) is 5.01 Å². The predicted octanol–water partition coefficient (Wildman–Crippen LogP) is 7.15. The molecule has 3 heteroatoms. The van der Waals surface area contributed by atoms with Gasteiger partial charge in [0, 0.05) is 12.2 Å². The third-order valence-electron chi connectivity index (χ3n) is 4.64. The topological polar surface area (TPSA) is 24.5 Å². The zero-order valence-electron chi connectivity index (χ0n) is 19.4. The van der Waals surface area contributed by atoms with E-state index in [1.807, 2.05) is 13.8 Å². The van der Waals surface area contributed by atoms with Crippen LogP contribution in [0.3, 0.4) is 0 Å². The van der Waals surface area contributed by atoms with E-state index in [0.717, 1.165) is 5.75 Å². The summed E-state index contributed by atoms with van der Waals surface area (Å²) in [5.41, 5.74) is 8.62. The molecule has 3 nitrogen and oxygen atoms in total. The molecular formula is C26H38N2O. The Bertz CT molecular complexity index is 800. The standard InChI is InChI=1S/C24H32N2O.C2H6/c1-17(2)22-12-9-20(15-23(22)26-14-13-18(3)25-26)19-7-10-21(11-8-19)27-16-24(4,5)6;1-2/h7-15,17-18,25H,16H2,1-6H3;1-2H3. The van der Waals surface area contributed by atoms with Gasteiger partial charge < -0.3 is 4.74 Å². The van der Waals surface area contributed by atoms with Crippen molar-refractivity contribution in [3.05, 3.63) is 60.3 Å². The maximum absolute atomic E-state index is 5.90. The van der Waals surface area contributed by atoms with E-state index in [9.17, 15) is 0 Å². The van der Waals surface area contributed by atoms with Crippen LogP contribution in [0.2, 0.25) is 0 Å². The molecule has 0 saturated carbocycles. The summed E-state index contributed by atoms with van der Waals surface area (Å²) in [6, 6.07) is 15.5. The average molecular weight is 395 g/mol. The van der Waals surface area contributed by atoms with E-state index in [4.69, 9.17) is 4.74 Å². The van der Waals surface area contributed by atoms with Crippen molar-refractivity contribution in [1.82, 2.24) is 5.43 Å². The van der Waals surface area contributed by atoms with E-state index in [2.05, 4.69) is 107 Å². The molecule has 2 aromatic rings. The largest absolute Gasteiger partial charge is 0.493 e. The number of anilines is 1. The highest BCUT2D eigenvalue weighted by molar-refractivity contribution is 5.72. The molecule has 0 radical (unpaired) electrons. The van der Waals surface area contributed by atoms with E-state index >= 15 is 0 Å². The second-order valence-electron chi connectivity index (χ2n) is 8.93. The summed E-state index contributed by atoms with van der Waals surface area (Å²) in [7, 11) is 0. The fourth-order valence-electron chi connectivity index (χ4n) is 3.13. The van der Waals surface area contributed by atoms with Gasteiger partial charge in [0.25, 0.3) is 0 Å². The van der Waals surface area contributed by atoms with Crippen LogP contribution in [0, 0.1) is 5.41 Å². The Balaban J connectivity index is 0.00000145. The summed E-state index contributed by atoms with van der Waals surface area (Å²) >= 11 is 0. The molecular weight excluding hydrogens is 356 g/mol. The summed E-state index contributed by atoms with van der Waals surface area (Å²) in [5.74, 6) is 1.39. The number of ether oxygens (including phenoxy) is 1. The summed E-state index contributed by atoms with van der Waals surface area (Å²) in [4.78, 5) is 0. The highest BCUT2D eigenvalue weighted by atomic mass is 16.5. The van der Waals surface area contributed by atoms with Gasteiger partial charge in [-0.1, -0.05) is 72.7 Å². The van der Waals surface area contributed by atoms with Crippen LogP contribution >= 0.6 is 0 Å². The van der Waals surface area contributed by atoms with E-state index < -0.39 is 0 Å². The third-order valence-corrected chi connectivity index (χ3v) is 4.64. The van der Waals surface area contributed by atoms with Gasteiger partial charge in [-0.25, -0.2) is 5.43 Å². The number of hydrogen-bond donors (Lipinski definition) is 1. The smallest absolute Gasteiger partial charge is 0.119 e. The highest BCUT2D eigenvalue weighted by Crippen LogP contribution is 2.33. The molecule has 0 bridgehead atoms. The van der Waals surface area contributed by atoms with Gasteiger partial charge in [0.15, 0.2) is 0 Å². The number of rotatable bonds is 5. The maximum atomic E-state index is 5.90. The molecule has 1 unspecified atom stereocenters. The molecule has 3 rings (SSSR count). The summed E-state index contributed by atoms with van der Waals surface area (Å²) in [6.07, 6.45) is 4.30. The first-order valence-corrected chi connectivity index (χ1v) is 10.8. The van der Waals surface area contributed by atoms with Crippen molar-refractivity contribution >= 4 is 5.69 Å². The van der Waals surface area contributed by atoms with Crippen LogP contribution in [0.15, 0.2) is 54.7 Å². The molecule has 0 spiro atoms. The number of nitrogens with one attached hydrogen (secondary N) is 1. The minimum Gasteiger partial charge on any atom is -0.493 e. The van der Waals surface area contributed by atoms with Crippen molar-refractivity contribution < 1.29 is 4.74 Å². The van der Waals surface area contributed by atoms with Gasteiger partial charge in [0.1, 0.15) is 5.75 Å². The van der Waals surface area contributed by atoms with Crippen molar-refractivity contribution in [2.75, 3.05) is 11.6 Å². The van der Waals surface area contributed by atoms with Crippen LogP contribution in [0.25, 0.3) is 11.1 Å². The molecule has 0 fully saturated rings. The summed E-state index contributed by atoms with van der Waals surface area (Å²) < 4.78 is 5.90. The number of nitrogens with zero attached hydrogens (tertiary/aromatic N) is 1. The third kappa shape index (κ3) is 6.37. The zero-order chi connectivity index (χ0) is 21.6. The maximum Gasteiger partial charge on any atom is 0.119 e. The Labute approximate surface area is 177 Å². The average Bonchev–Trinajstić information content (AvgIpc) is 3.13. The van der Waals surface area contributed by atoms with Gasteiger partial charge in [-0.15, -0.1) is 0 Å². The van der Waals surface area contributed by atoms with Crippen molar-refractivity contribution in [1.29, 1.82) is 0 Å². The Kier molecular flexibility index (Phi) is 7.92. The monoisotopic (exact) mass is 394 g/mol. The van der Waals surface area contributed by atoms with Crippen LogP contribution in [0.5, 0.6) is 5.75 Å². The number of hydrazine groups is 1. The Morgan fingerprint density at radius 1 is 1.00 bits per heavy atom. The lowest BCUT2D eigenvalue weighted by atomic mass is 9.96. The van der Waals surface area contributed by atoms with Crippen LogP contribution < -0.4 is 15.2 Å². The molecule has 29 heavy (non-hydrogen) atoms. The number of benzene rings is 2. The molecule has 158 valence electrons. The quantitative estimate of drug-likeness (QED) is 0.582. The minimum atomic E-state index is 0.160. The van der Waals surface area contributed by atoms with E-state index in [1.165, 1.54) is 22.4 Å². The second kappa shape index (κ2) is 9.98. The van der Waals surface area contributed by atoms with Gasteiger partial charge in [0.2, 0.25) is 0 Å². The molecule has 1 heterocycles. The highest BCUT2D eigenvalue weighted by Gasteiger charge is 2.18. The lowest BCUT2D eigenvalue weighted by Crippen LogP contribution is -2.34.